The van der Waals surface area contributed by atoms with E-state index < -0.39 is 5.97 Å². The van der Waals surface area contributed by atoms with Gasteiger partial charge in [0.1, 0.15) is 0 Å². The first-order valence-electron chi connectivity index (χ1n) is 5.41. The Morgan fingerprint density at radius 2 is 2.28 bits per heavy atom. The molecule has 0 aliphatic carbocycles. The summed E-state index contributed by atoms with van der Waals surface area (Å²) in [7, 11) is 0. The van der Waals surface area contributed by atoms with E-state index in [2.05, 4.69) is 20.2 Å². The molecule has 6 nitrogen and oxygen atoms in total. The maximum Gasteiger partial charge on any atom is 0.307 e. The highest BCUT2D eigenvalue weighted by atomic mass is 16.4. The first kappa shape index (κ1) is 10.5. The van der Waals surface area contributed by atoms with Crippen LogP contribution < -0.4 is 0 Å². The SMILES string of the molecule is O=C(O)Cc1cn[nH]c1-c1ccc2nc[nH]c2c1. The Kier molecular flexibility index (Phi) is 2.33. The smallest absolute Gasteiger partial charge is 0.307 e. The highest BCUT2D eigenvalue weighted by molar-refractivity contribution is 5.82. The van der Waals surface area contributed by atoms with Crippen molar-refractivity contribution in [2.75, 3.05) is 0 Å². The molecule has 0 bridgehead atoms. The average Bonchev–Trinajstić information content (AvgIpc) is 2.95. The summed E-state index contributed by atoms with van der Waals surface area (Å²) >= 11 is 0. The molecule has 0 atom stereocenters. The second-order valence-electron chi connectivity index (χ2n) is 3.98. The monoisotopic (exact) mass is 242 g/mol. The molecule has 6 heteroatoms. The van der Waals surface area contributed by atoms with E-state index >= 15 is 0 Å². The molecule has 0 spiro atoms. The maximum atomic E-state index is 10.8. The largest absolute Gasteiger partial charge is 0.481 e. The van der Waals surface area contributed by atoms with Crippen molar-refractivity contribution in [1.82, 2.24) is 20.2 Å². The summed E-state index contributed by atoms with van der Waals surface area (Å²) in [6.45, 7) is 0. The van der Waals surface area contributed by atoms with Gasteiger partial charge in [-0.05, 0) is 12.1 Å². The third-order valence-electron chi connectivity index (χ3n) is 2.77. The van der Waals surface area contributed by atoms with Crippen LogP contribution in [0.5, 0.6) is 0 Å². The van der Waals surface area contributed by atoms with Gasteiger partial charge in [0.2, 0.25) is 0 Å². The van der Waals surface area contributed by atoms with Gasteiger partial charge in [0.15, 0.2) is 0 Å². The Hall–Kier alpha value is -2.63. The van der Waals surface area contributed by atoms with E-state index in [4.69, 9.17) is 5.11 Å². The Balaban J connectivity index is 2.08. The molecule has 0 aliphatic rings. The van der Waals surface area contributed by atoms with Gasteiger partial charge in [-0.25, -0.2) is 4.98 Å². The van der Waals surface area contributed by atoms with E-state index in [1.807, 2.05) is 18.2 Å². The minimum absolute atomic E-state index is 0.0488. The van der Waals surface area contributed by atoms with Crippen LogP contribution in [0.4, 0.5) is 0 Å². The Morgan fingerprint density at radius 1 is 1.39 bits per heavy atom. The molecular weight excluding hydrogens is 232 g/mol. The summed E-state index contributed by atoms with van der Waals surface area (Å²) in [4.78, 5) is 17.9. The van der Waals surface area contributed by atoms with Crippen molar-refractivity contribution >= 4 is 17.0 Å². The van der Waals surface area contributed by atoms with Gasteiger partial charge in [0.05, 0.1) is 35.7 Å². The highest BCUT2D eigenvalue weighted by Crippen LogP contribution is 2.24. The maximum absolute atomic E-state index is 10.8. The average molecular weight is 242 g/mol. The lowest BCUT2D eigenvalue weighted by Crippen LogP contribution is -2.00. The van der Waals surface area contributed by atoms with Crippen molar-refractivity contribution in [3.05, 3.63) is 36.3 Å². The molecule has 0 saturated heterocycles. The fourth-order valence-electron chi connectivity index (χ4n) is 1.95. The number of aliphatic carboxylic acids is 1. The van der Waals surface area contributed by atoms with Gasteiger partial charge in [0, 0.05) is 11.1 Å². The molecule has 1 aromatic carbocycles. The molecule has 3 aromatic rings. The zero-order valence-electron chi connectivity index (χ0n) is 9.34. The molecule has 2 aromatic heterocycles. The Labute approximate surface area is 102 Å². The fraction of sp³-hybridized carbons (Fsp3) is 0.0833. The van der Waals surface area contributed by atoms with Crippen molar-refractivity contribution in [1.29, 1.82) is 0 Å². The van der Waals surface area contributed by atoms with E-state index in [0.717, 1.165) is 22.3 Å². The number of carbonyl (C=O) groups is 1. The first-order valence-corrected chi connectivity index (χ1v) is 5.41. The molecule has 0 aliphatic heterocycles. The van der Waals surface area contributed by atoms with Crippen molar-refractivity contribution < 1.29 is 9.90 Å². The van der Waals surface area contributed by atoms with Gasteiger partial charge in [-0.2, -0.15) is 5.10 Å². The molecule has 0 saturated carbocycles. The number of fused-ring (bicyclic) bond motifs is 1. The molecule has 0 unspecified atom stereocenters. The number of benzene rings is 1. The predicted octanol–water partition coefficient (Wildman–Crippen LogP) is 1.58. The molecule has 90 valence electrons. The number of hydrogen-bond acceptors (Lipinski definition) is 3. The summed E-state index contributed by atoms with van der Waals surface area (Å²) in [6.07, 6.45) is 3.12. The molecule has 0 radical (unpaired) electrons. The number of hydrogen-bond donors (Lipinski definition) is 3. The second-order valence-corrected chi connectivity index (χ2v) is 3.98. The van der Waals surface area contributed by atoms with Crippen LogP contribution >= 0.6 is 0 Å². The number of H-pyrrole nitrogens is 2. The van der Waals surface area contributed by atoms with Gasteiger partial charge in [0.25, 0.3) is 0 Å². The minimum Gasteiger partial charge on any atom is -0.481 e. The number of nitrogens with zero attached hydrogens (tertiary/aromatic N) is 2. The zero-order chi connectivity index (χ0) is 12.5. The number of carboxylic acid groups (broad SMARTS) is 1. The second kappa shape index (κ2) is 3.99. The van der Waals surface area contributed by atoms with Crippen LogP contribution in [-0.2, 0) is 11.2 Å². The number of aromatic nitrogens is 4. The lowest BCUT2D eigenvalue weighted by molar-refractivity contribution is -0.136. The van der Waals surface area contributed by atoms with Crippen molar-refractivity contribution in [2.24, 2.45) is 0 Å². The van der Waals surface area contributed by atoms with Crippen LogP contribution in [0.2, 0.25) is 0 Å². The molecular formula is C12H10N4O2. The molecule has 3 rings (SSSR count). The van der Waals surface area contributed by atoms with Gasteiger partial charge < -0.3 is 10.1 Å². The van der Waals surface area contributed by atoms with Crippen LogP contribution in [0.3, 0.4) is 0 Å². The molecule has 0 amide bonds. The van der Waals surface area contributed by atoms with Crippen LogP contribution in [0.15, 0.2) is 30.7 Å². The van der Waals surface area contributed by atoms with Gasteiger partial charge in [-0.1, -0.05) is 6.07 Å². The van der Waals surface area contributed by atoms with Crippen molar-refractivity contribution in [2.45, 2.75) is 6.42 Å². The summed E-state index contributed by atoms with van der Waals surface area (Å²) in [5.41, 5.74) is 4.07. The van der Waals surface area contributed by atoms with Crippen LogP contribution in [-0.4, -0.2) is 31.2 Å². The van der Waals surface area contributed by atoms with Crippen molar-refractivity contribution in [3.8, 4) is 11.3 Å². The van der Waals surface area contributed by atoms with E-state index in [0.29, 0.717) is 5.56 Å². The summed E-state index contributed by atoms with van der Waals surface area (Å²) in [5.74, 6) is -0.875. The van der Waals surface area contributed by atoms with Crippen LogP contribution in [0, 0.1) is 0 Å². The Bertz CT molecular complexity index is 714. The standard InChI is InChI=1S/C12H10N4O2/c17-11(18)4-8-5-15-16-12(8)7-1-2-9-10(3-7)14-6-13-9/h1-3,5-6H,4H2,(H,13,14)(H,15,16)(H,17,18). The Morgan fingerprint density at radius 3 is 3.11 bits per heavy atom. The zero-order valence-corrected chi connectivity index (χ0v) is 9.34. The summed E-state index contributed by atoms with van der Waals surface area (Å²) in [6, 6.07) is 5.69. The summed E-state index contributed by atoms with van der Waals surface area (Å²) in [5, 5.41) is 15.6. The highest BCUT2D eigenvalue weighted by Gasteiger charge is 2.11. The number of rotatable bonds is 3. The van der Waals surface area contributed by atoms with E-state index in [1.54, 1.807) is 12.5 Å². The molecule has 0 fully saturated rings. The van der Waals surface area contributed by atoms with Crippen LogP contribution in [0.1, 0.15) is 5.56 Å². The minimum atomic E-state index is -0.875. The number of nitrogens with one attached hydrogen (secondary N) is 2. The normalized spacial score (nSPS) is 10.9. The lowest BCUT2D eigenvalue weighted by Gasteiger charge is -2.01. The molecule has 18 heavy (non-hydrogen) atoms. The topological polar surface area (TPSA) is 94.7 Å². The summed E-state index contributed by atoms with van der Waals surface area (Å²) < 4.78 is 0. The van der Waals surface area contributed by atoms with Crippen LogP contribution in [0.25, 0.3) is 22.3 Å². The lowest BCUT2D eigenvalue weighted by atomic mass is 10.1. The molecule has 2 heterocycles. The third kappa shape index (κ3) is 1.73. The van der Waals surface area contributed by atoms with Gasteiger partial charge in [-0.15, -0.1) is 0 Å². The van der Waals surface area contributed by atoms with Gasteiger partial charge >= 0.3 is 5.97 Å². The first-order chi connectivity index (χ1) is 8.74. The van der Waals surface area contributed by atoms with Gasteiger partial charge in [-0.3, -0.25) is 9.89 Å². The quantitative estimate of drug-likeness (QED) is 0.649. The number of imidazole rings is 1. The number of carboxylic acids is 1. The van der Waals surface area contributed by atoms with E-state index in [1.165, 1.54) is 0 Å². The predicted molar refractivity (Wildman–Crippen MR) is 65.0 cm³/mol. The third-order valence-corrected chi connectivity index (χ3v) is 2.77. The fourth-order valence-corrected chi connectivity index (χ4v) is 1.95. The van der Waals surface area contributed by atoms with Crippen molar-refractivity contribution in [3.63, 3.8) is 0 Å². The molecule has 3 N–H and O–H groups in total. The number of aromatic amines is 2. The van der Waals surface area contributed by atoms with E-state index in [-0.39, 0.29) is 6.42 Å². The van der Waals surface area contributed by atoms with E-state index in [9.17, 15) is 4.79 Å².